The van der Waals surface area contributed by atoms with Crippen molar-refractivity contribution in [1.29, 1.82) is 0 Å². The number of rotatable bonds is 25. The number of unbranched alkanes of at least 4 members (excludes halogenated alkanes) is 12. The second-order valence-corrected chi connectivity index (χ2v) is 10.7. The quantitative estimate of drug-likeness (QED) is 0.105. The van der Waals surface area contributed by atoms with Crippen molar-refractivity contribution in [2.45, 2.75) is 122 Å². The number of thioether (sulfide) groups is 1. The lowest BCUT2D eigenvalue weighted by atomic mass is 10.0. The van der Waals surface area contributed by atoms with Gasteiger partial charge in [-0.2, -0.15) is 0 Å². The Bertz CT molecular complexity index is 706. The number of amides is 2. The number of aliphatic carboxylic acids is 2. The second-order valence-electron chi connectivity index (χ2n) is 9.63. The Labute approximate surface area is 231 Å². The van der Waals surface area contributed by atoms with Crippen LogP contribution >= 0.6 is 11.8 Å². The van der Waals surface area contributed by atoms with Crippen molar-refractivity contribution >= 4 is 40.6 Å². The summed E-state index contributed by atoms with van der Waals surface area (Å²) < 4.78 is 0. The van der Waals surface area contributed by atoms with Gasteiger partial charge >= 0.3 is 11.9 Å². The monoisotopic (exact) mass is 559 g/mol. The van der Waals surface area contributed by atoms with Crippen molar-refractivity contribution in [2.75, 3.05) is 19.3 Å². The zero-order chi connectivity index (χ0) is 28.6. The summed E-state index contributed by atoms with van der Waals surface area (Å²) in [5.41, 5.74) is 0. The first kappa shape index (κ1) is 35.9. The van der Waals surface area contributed by atoms with E-state index in [2.05, 4.69) is 22.9 Å². The van der Waals surface area contributed by atoms with E-state index in [1.165, 1.54) is 71.3 Å². The topological polar surface area (TPSA) is 162 Å². The third kappa shape index (κ3) is 20.9. The molecular weight excluding hydrogens is 510 g/mol. The summed E-state index contributed by atoms with van der Waals surface area (Å²) in [5.74, 6) is -3.60. The van der Waals surface area contributed by atoms with Crippen LogP contribution in [0.1, 0.15) is 110 Å². The van der Waals surface area contributed by atoms with Crippen molar-refractivity contribution in [3.63, 3.8) is 0 Å². The minimum Gasteiger partial charge on any atom is -0.480 e. The fourth-order valence-corrected chi connectivity index (χ4v) is 4.81. The summed E-state index contributed by atoms with van der Waals surface area (Å²) in [6.45, 7) is 1.62. The predicted octanol–water partition coefficient (Wildman–Crippen LogP) is 3.87. The number of hydrogen-bond acceptors (Lipinski definition) is 7. The Morgan fingerprint density at radius 2 is 1.26 bits per heavy atom. The molecule has 0 aliphatic carbocycles. The van der Waals surface area contributed by atoms with Gasteiger partial charge < -0.3 is 26.2 Å². The highest BCUT2D eigenvalue weighted by atomic mass is 32.2. The van der Waals surface area contributed by atoms with Gasteiger partial charge in [0.2, 0.25) is 11.8 Å². The van der Waals surface area contributed by atoms with Crippen molar-refractivity contribution in [3.8, 4) is 0 Å². The van der Waals surface area contributed by atoms with Gasteiger partial charge in [0.15, 0.2) is 5.12 Å². The molecule has 0 spiro atoms. The van der Waals surface area contributed by atoms with E-state index in [-0.39, 0.29) is 23.7 Å². The maximum atomic E-state index is 12.4. The molecule has 2 atom stereocenters. The average molecular weight is 560 g/mol. The molecule has 0 radical (unpaired) electrons. The summed E-state index contributed by atoms with van der Waals surface area (Å²) in [4.78, 5) is 58.8. The van der Waals surface area contributed by atoms with Crippen molar-refractivity contribution in [2.24, 2.45) is 0 Å². The second kappa shape index (κ2) is 23.9. The van der Waals surface area contributed by atoms with Gasteiger partial charge in [-0.05, 0) is 19.9 Å². The van der Waals surface area contributed by atoms with Gasteiger partial charge in [0, 0.05) is 18.6 Å². The molecular formula is C27H49N3O7S. The number of carboxylic acids is 2. The third-order valence-corrected chi connectivity index (χ3v) is 7.29. The number of nitrogens with one attached hydrogen (secondary N) is 3. The SMILES string of the molecule is CCCCCCCCCCCCCCCC(=O)SC[C@H](NC(=O)CC[C@H](NC)C(=O)O)C(=O)NCC(=O)O. The Balaban J connectivity index is 4.23. The lowest BCUT2D eigenvalue weighted by Gasteiger charge is -2.18. The van der Waals surface area contributed by atoms with Crippen LogP contribution in [0.25, 0.3) is 0 Å². The fraction of sp³-hybridized carbons (Fsp3) is 0.815. The molecule has 38 heavy (non-hydrogen) atoms. The van der Waals surface area contributed by atoms with E-state index in [1.54, 1.807) is 0 Å². The van der Waals surface area contributed by atoms with Crippen LogP contribution < -0.4 is 16.0 Å². The first-order valence-electron chi connectivity index (χ1n) is 14.1. The summed E-state index contributed by atoms with van der Waals surface area (Å²) in [7, 11) is 1.47. The Kier molecular flexibility index (Phi) is 22.6. The minimum atomic E-state index is -1.23. The van der Waals surface area contributed by atoms with E-state index in [0.717, 1.165) is 31.0 Å². The largest absolute Gasteiger partial charge is 0.480 e. The number of hydrogen-bond donors (Lipinski definition) is 5. The Morgan fingerprint density at radius 1 is 0.737 bits per heavy atom. The maximum Gasteiger partial charge on any atom is 0.322 e. The van der Waals surface area contributed by atoms with Crippen LogP contribution in [0.4, 0.5) is 0 Å². The Hall–Kier alpha value is -2.14. The zero-order valence-corrected chi connectivity index (χ0v) is 24.0. The molecule has 0 rings (SSSR count). The fourth-order valence-electron chi connectivity index (χ4n) is 3.94. The maximum absolute atomic E-state index is 12.4. The molecule has 0 aromatic carbocycles. The first-order valence-corrected chi connectivity index (χ1v) is 15.0. The third-order valence-electron chi connectivity index (χ3n) is 6.27. The summed E-state index contributed by atoms with van der Waals surface area (Å²) in [6.07, 6.45) is 16.1. The van der Waals surface area contributed by atoms with Crippen LogP contribution in [0, 0.1) is 0 Å². The molecule has 0 aliphatic rings. The van der Waals surface area contributed by atoms with E-state index in [1.807, 2.05) is 0 Å². The van der Waals surface area contributed by atoms with Crippen LogP contribution in [0.3, 0.4) is 0 Å². The van der Waals surface area contributed by atoms with Gasteiger partial charge in [-0.3, -0.25) is 24.0 Å². The van der Waals surface area contributed by atoms with Gasteiger partial charge in [0.25, 0.3) is 0 Å². The molecule has 0 saturated carbocycles. The minimum absolute atomic E-state index is 0.0201. The van der Waals surface area contributed by atoms with Gasteiger partial charge in [0.05, 0.1) is 0 Å². The zero-order valence-electron chi connectivity index (χ0n) is 23.2. The van der Waals surface area contributed by atoms with Gasteiger partial charge in [-0.25, -0.2) is 0 Å². The van der Waals surface area contributed by atoms with Gasteiger partial charge in [-0.1, -0.05) is 95.7 Å². The highest BCUT2D eigenvalue weighted by molar-refractivity contribution is 8.13. The molecule has 0 saturated heterocycles. The van der Waals surface area contributed by atoms with Crippen molar-refractivity contribution in [1.82, 2.24) is 16.0 Å². The summed E-state index contributed by atoms with van der Waals surface area (Å²) in [5, 5.41) is 25.1. The van der Waals surface area contributed by atoms with E-state index < -0.39 is 42.4 Å². The first-order chi connectivity index (χ1) is 18.2. The van der Waals surface area contributed by atoms with E-state index >= 15 is 0 Å². The number of likely N-dealkylation sites (N-methyl/N-ethyl adjacent to an activating group) is 1. The highest BCUT2D eigenvalue weighted by Crippen LogP contribution is 2.15. The van der Waals surface area contributed by atoms with Crippen molar-refractivity contribution in [3.05, 3.63) is 0 Å². The summed E-state index contributed by atoms with van der Waals surface area (Å²) in [6, 6.07) is -2.00. The lowest BCUT2D eigenvalue weighted by Crippen LogP contribution is -2.49. The number of carboxylic acid groups (broad SMARTS) is 2. The molecule has 0 bridgehead atoms. The molecule has 2 amide bonds. The normalized spacial score (nSPS) is 12.5. The van der Waals surface area contributed by atoms with Gasteiger partial charge in [-0.15, -0.1) is 0 Å². The molecule has 5 N–H and O–H groups in total. The van der Waals surface area contributed by atoms with Crippen LogP contribution in [-0.2, 0) is 24.0 Å². The lowest BCUT2D eigenvalue weighted by molar-refractivity contribution is -0.139. The number of carbonyl (C=O) groups excluding carboxylic acids is 3. The van der Waals surface area contributed by atoms with Crippen LogP contribution in [0.5, 0.6) is 0 Å². The van der Waals surface area contributed by atoms with Crippen LogP contribution in [0.15, 0.2) is 0 Å². The number of carbonyl (C=O) groups is 5. The molecule has 11 heteroatoms. The summed E-state index contributed by atoms with van der Waals surface area (Å²) >= 11 is 0.939. The van der Waals surface area contributed by atoms with Crippen molar-refractivity contribution < 1.29 is 34.2 Å². The molecule has 0 heterocycles. The molecule has 220 valence electrons. The predicted molar refractivity (Wildman–Crippen MR) is 150 cm³/mol. The standard InChI is InChI=1S/C27H49N3O7S/c1-3-4-5-6-7-8-9-10-11-12-13-14-15-16-25(34)38-20-22(26(35)29-19-24(32)33)30-23(31)18-17-21(28-2)27(36)37/h21-22,28H,3-20H2,1-2H3,(H,29,35)(H,30,31)(H,32,33)(H,36,37)/t21-,22-/m0/s1. The van der Waals surface area contributed by atoms with Gasteiger partial charge in [0.1, 0.15) is 18.6 Å². The van der Waals surface area contributed by atoms with Crippen LogP contribution in [-0.4, -0.2) is 70.5 Å². The molecule has 10 nitrogen and oxygen atoms in total. The van der Waals surface area contributed by atoms with E-state index in [4.69, 9.17) is 10.2 Å². The Morgan fingerprint density at radius 3 is 1.74 bits per heavy atom. The molecule has 0 fully saturated rings. The molecule has 0 aromatic rings. The average Bonchev–Trinajstić information content (AvgIpc) is 2.87. The smallest absolute Gasteiger partial charge is 0.322 e. The molecule has 0 unspecified atom stereocenters. The van der Waals surface area contributed by atoms with E-state index in [0.29, 0.717) is 6.42 Å². The molecule has 0 aromatic heterocycles. The molecule has 0 aliphatic heterocycles. The van der Waals surface area contributed by atoms with Crippen LogP contribution in [0.2, 0.25) is 0 Å². The van der Waals surface area contributed by atoms with E-state index in [9.17, 15) is 24.0 Å². The highest BCUT2D eigenvalue weighted by Gasteiger charge is 2.24.